The average Bonchev–Trinajstić information content (AvgIpc) is 3.17. The predicted octanol–water partition coefficient (Wildman–Crippen LogP) is 4.63. The van der Waals surface area contributed by atoms with Crippen molar-refractivity contribution in [1.82, 2.24) is 14.1 Å². The number of imidazole rings is 1. The lowest BCUT2D eigenvalue weighted by Crippen LogP contribution is -2.04. The van der Waals surface area contributed by atoms with Gasteiger partial charge in [-0.15, -0.1) is 0 Å². The highest BCUT2D eigenvalue weighted by molar-refractivity contribution is 5.97. The SMILES string of the molecule is Cn1cnc(-c2cn(-c3ccc(C(F)(F)F)cc3)c3ccc(N)cc23)c1. The number of aryl methyl sites for hydroxylation is 1. The van der Waals surface area contributed by atoms with Crippen molar-refractivity contribution in [2.45, 2.75) is 6.18 Å². The normalized spacial score (nSPS) is 12.0. The van der Waals surface area contributed by atoms with E-state index in [1.54, 1.807) is 12.4 Å². The number of halogens is 3. The van der Waals surface area contributed by atoms with E-state index >= 15 is 0 Å². The van der Waals surface area contributed by atoms with Gasteiger partial charge in [-0.05, 0) is 42.5 Å². The molecule has 0 aliphatic carbocycles. The summed E-state index contributed by atoms with van der Waals surface area (Å²) in [4.78, 5) is 4.38. The Bertz CT molecular complexity index is 1090. The fourth-order valence-electron chi connectivity index (χ4n) is 3.03. The van der Waals surface area contributed by atoms with Gasteiger partial charge < -0.3 is 14.9 Å². The highest BCUT2D eigenvalue weighted by atomic mass is 19.4. The number of benzene rings is 2. The molecule has 2 aromatic heterocycles. The van der Waals surface area contributed by atoms with Crippen molar-refractivity contribution < 1.29 is 13.2 Å². The number of nitrogens with two attached hydrogens (primary N) is 1. The average molecular weight is 356 g/mol. The molecule has 0 aliphatic rings. The standard InChI is InChI=1S/C19H15F3N4/c1-25-10-17(24-11-25)16-9-26(18-7-4-13(23)8-15(16)18)14-5-2-12(3-6-14)19(20,21)22/h2-11H,23H2,1H3. The van der Waals surface area contributed by atoms with Crippen LogP contribution in [0.3, 0.4) is 0 Å². The molecule has 2 heterocycles. The summed E-state index contributed by atoms with van der Waals surface area (Å²) < 4.78 is 42.1. The van der Waals surface area contributed by atoms with E-state index in [1.165, 1.54) is 12.1 Å². The number of nitrogen functional groups attached to an aromatic ring is 1. The molecule has 0 bridgehead atoms. The van der Waals surface area contributed by atoms with Crippen molar-refractivity contribution in [3.05, 3.63) is 66.7 Å². The van der Waals surface area contributed by atoms with Crippen molar-refractivity contribution in [3.8, 4) is 16.9 Å². The van der Waals surface area contributed by atoms with E-state index in [0.29, 0.717) is 11.4 Å². The number of anilines is 1. The summed E-state index contributed by atoms with van der Waals surface area (Å²) in [5, 5.41) is 0.892. The molecule has 0 saturated heterocycles. The van der Waals surface area contributed by atoms with Crippen LogP contribution in [0.5, 0.6) is 0 Å². The van der Waals surface area contributed by atoms with Gasteiger partial charge >= 0.3 is 6.18 Å². The van der Waals surface area contributed by atoms with Crippen molar-refractivity contribution in [3.63, 3.8) is 0 Å². The van der Waals surface area contributed by atoms with Gasteiger partial charge in [0.2, 0.25) is 0 Å². The lowest BCUT2D eigenvalue weighted by atomic mass is 10.1. The van der Waals surface area contributed by atoms with Crippen LogP contribution in [0.2, 0.25) is 0 Å². The van der Waals surface area contributed by atoms with Crippen LogP contribution in [-0.2, 0) is 13.2 Å². The summed E-state index contributed by atoms with van der Waals surface area (Å²) in [5.41, 5.74) is 8.99. The van der Waals surface area contributed by atoms with Gasteiger partial charge in [0.1, 0.15) is 0 Å². The van der Waals surface area contributed by atoms with Gasteiger partial charge in [0.15, 0.2) is 0 Å². The summed E-state index contributed by atoms with van der Waals surface area (Å²) >= 11 is 0. The Morgan fingerprint density at radius 3 is 2.35 bits per heavy atom. The van der Waals surface area contributed by atoms with Crippen molar-refractivity contribution >= 4 is 16.6 Å². The Balaban J connectivity index is 1.91. The second-order valence-corrected chi connectivity index (χ2v) is 6.16. The van der Waals surface area contributed by atoms with Gasteiger partial charge in [0, 0.05) is 41.8 Å². The third-order valence-corrected chi connectivity index (χ3v) is 4.28. The molecule has 2 aromatic carbocycles. The second-order valence-electron chi connectivity index (χ2n) is 6.16. The first-order chi connectivity index (χ1) is 12.3. The molecule has 7 heteroatoms. The fourth-order valence-corrected chi connectivity index (χ4v) is 3.03. The van der Waals surface area contributed by atoms with Crippen LogP contribution in [-0.4, -0.2) is 14.1 Å². The maximum atomic E-state index is 12.8. The van der Waals surface area contributed by atoms with Crippen LogP contribution in [0.15, 0.2) is 61.2 Å². The van der Waals surface area contributed by atoms with E-state index in [1.807, 2.05) is 40.7 Å². The molecule has 0 saturated carbocycles. The maximum absolute atomic E-state index is 12.8. The van der Waals surface area contributed by atoms with Crippen molar-refractivity contribution in [2.75, 3.05) is 5.73 Å². The highest BCUT2D eigenvalue weighted by Gasteiger charge is 2.30. The van der Waals surface area contributed by atoms with Gasteiger partial charge in [-0.1, -0.05) is 0 Å². The molecule has 4 nitrogen and oxygen atoms in total. The van der Waals surface area contributed by atoms with E-state index in [4.69, 9.17) is 5.73 Å². The summed E-state index contributed by atoms with van der Waals surface area (Å²) in [6.45, 7) is 0. The van der Waals surface area contributed by atoms with Crippen LogP contribution in [0.25, 0.3) is 27.8 Å². The number of alkyl halides is 3. The molecule has 2 N–H and O–H groups in total. The van der Waals surface area contributed by atoms with E-state index in [-0.39, 0.29) is 0 Å². The first kappa shape index (κ1) is 16.3. The monoisotopic (exact) mass is 356 g/mol. The van der Waals surface area contributed by atoms with E-state index < -0.39 is 11.7 Å². The molecular weight excluding hydrogens is 341 g/mol. The Labute approximate surface area is 147 Å². The van der Waals surface area contributed by atoms with Gasteiger partial charge in [0.05, 0.1) is 23.1 Å². The molecule has 132 valence electrons. The number of fused-ring (bicyclic) bond motifs is 1. The zero-order valence-electron chi connectivity index (χ0n) is 13.8. The van der Waals surface area contributed by atoms with Gasteiger partial charge in [-0.3, -0.25) is 0 Å². The van der Waals surface area contributed by atoms with Crippen LogP contribution >= 0.6 is 0 Å². The Morgan fingerprint density at radius 2 is 1.73 bits per heavy atom. The number of rotatable bonds is 2. The van der Waals surface area contributed by atoms with E-state index in [2.05, 4.69) is 4.98 Å². The van der Waals surface area contributed by atoms with Crippen LogP contribution in [0.4, 0.5) is 18.9 Å². The zero-order chi connectivity index (χ0) is 18.5. The quantitative estimate of drug-likeness (QED) is 0.532. The lowest BCUT2D eigenvalue weighted by molar-refractivity contribution is -0.137. The molecule has 0 aliphatic heterocycles. The molecule has 0 fully saturated rings. The van der Waals surface area contributed by atoms with Gasteiger partial charge in [-0.25, -0.2) is 4.98 Å². The second kappa shape index (κ2) is 5.66. The van der Waals surface area contributed by atoms with Gasteiger partial charge in [-0.2, -0.15) is 13.2 Å². The Morgan fingerprint density at radius 1 is 1.00 bits per heavy atom. The van der Waals surface area contributed by atoms with E-state index in [0.717, 1.165) is 34.3 Å². The summed E-state index contributed by atoms with van der Waals surface area (Å²) in [6, 6.07) is 10.6. The molecular formula is C19H15F3N4. The fraction of sp³-hybridized carbons (Fsp3) is 0.105. The third-order valence-electron chi connectivity index (χ3n) is 4.28. The van der Waals surface area contributed by atoms with Crippen LogP contribution in [0, 0.1) is 0 Å². The molecule has 0 amide bonds. The molecule has 4 aromatic rings. The molecule has 4 rings (SSSR count). The molecule has 0 radical (unpaired) electrons. The largest absolute Gasteiger partial charge is 0.416 e. The number of nitrogens with zero attached hydrogens (tertiary/aromatic N) is 3. The smallest absolute Gasteiger partial charge is 0.399 e. The van der Waals surface area contributed by atoms with Crippen molar-refractivity contribution in [2.24, 2.45) is 7.05 Å². The van der Waals surface area contributed by atoms with Gasteiger partial charge in [0.25, 0.3) is 0 Å². The number of hydrogen-bond acceptors (Lipinski definition) is 2. The molecule has 0 unspecified atom stereocenters. The summed E-state index contributed by atoms with van der Waals surface area (Å²) in [7, 11) is 1.87. The topological polar surface area (TPSA) is 48.8 Å². The predicted molar refractivity (Wildman–Crippen MR) is 94.9 cm³/mol. The minimum Gasteiger partial charge on any atom is -0.399 e. The van der Waals surface area contributed by atoms with Crippen molar-refractivity contribution in [1.29, 1.82) is 0 Å². The third kappa shape index (κ3) is 2.71. The van der Waals surface area contributed by atoms with Crippen LogP contribution in [0.1, 0.15) is 5.56 Å². The summed E-state index contributed by atoms with van der Waals surface area (Å²) in [5.74, 6) is 0. The first-order valence-corrected chi connectivity index (χ1v) is 7.89. The number of aromatic nitrogens is 3. The number of hydrogen-bond donors (Lipinski definition) is 1. The summed E-state index contributed by atoms with van der Waals surface area (Å²) in [6.07, 6.45) is 1.10. The lowest BCUT2D eigenvalue weighted by Gasteiger charge is -2.09. The minimum absolute atomic E-state index is 0.611. The minimum atomic E-state index is -4.36. The molecule has 0 atom stereocenters. The Hall–Kier alpha value is -3.22. The first-order valence-electron chi connectivity index (χ1n) is 7.89. The van der Waals surface area contributed by atoms with E-state index in [9.17, 15) is 13.2 Å². The highest BCUT2D eigenvalue weighted by Crippen LogP contribution is 2.34. The zero-order valence-corrected chi connectivity index (χ0v) is 13.8. The van der Waals surface area contributed by atoms with Crippen LogP contribution < -0.4 is 5.73 Å². The molecule has 26 heavy (non-hydrogen) atoms. The maximum Gasteiger partial charge on any atom is 0.416 e. The molecule has 0 spiro atoms. The Kier molecular flexibility index (Phi) is 3.54.